The van der Waals surface area contributed by atoms with Gasteiger partial charge in [0.1, 0.15) is 0 Å². The summed E-state index contributed by atoms with van der Waals surface area (Å²) in [5.41, 5.74) is 3.81. The fourth-order valence-corrected chi connectivity index (χ4v) is 0.123. The molecule has 0 bridgehead atoms. The predicted molar refractivity (Wildman–Crippen MR) is 37.7 cm³/mol. The topological polar surface area (TPSA) is 80.4 Å². The first kappa shape index (κ1) is 14.0. The zero-order chi connectivity index (χ0) is 11.1. The number of carboxylic acids is 1. The van der Waals surface area contributed by atoms with Gasteiger partial charge in [-0.1, -0.05) is 6.08 Å². The molecule has 0 saturated carbocycles. The average Bonchev–Trinajstić information content (AvgIpc) is 1.85. The van der Waals surface area contributed by atoms with Gasteiger partial charge in [-0.2, -0.15) is 13.2 Å². The normalized spacial score (nSPS) is 9.46. The molecule has 0 aliphatic heterocycles. The van der Waals surface area contributed by atoms with Crippen molar-refractivity contribution in [2.24, 2.45) is 5.73 Å². The second kappa shape index (κ2) is 6.04. The summed E-state index contributed by atoms with van der Waals surface area (Å²) < 4.78 is 32.1. The molecule has 0 aromatic rings. The third-order valence-electron chi connectivity index (χ3n) is 0.598. The molecule has 0 aromatic heterocycles. The van der Waals surface area contributed by atoms with Crippen LogP contribution in [0, 0.1) is 0 Å². The van der Waals surface area contributed by atoms with E-state index in [0.717, 1.165) is 0 Å². The summed E-state index contributed by atoms with van der Waals surface area (Å²) in [4.78, 5) is 18.6. The number of primary amides is 1. The summed E-state index contributed by atoms with van der Waals surface area (Å²) in [6.45, 7) is 3.22. The van der Waals surface area contributed by atoms with Crippen LogP contribution in [0.2, 0.25) is 0 Å². The first-order valence-corrected chi connectivity index (χ1v) is 2.91. The summed E-state index contributed by atoms with van der Waals surface area (Å²) >= 11 is 0. The molecule has 0 saturated heterocycles. The highest BCUT2D eigenvalue weighted by Crippen LogP contribution is 2.11. The minimum Gasteiger partial charge on any atom is -0.481 e. The quantitative estimate of drug-likeness (QED) is 0.641. The molecule has 4 nitrogen and oxygen atoms in total. The zero-order valence-electron chi connectivity index (χ0n) is 6.47. The number of carboxylic acid groups (broad SMARTS) is 1. The fourth-order valence-electron chi connectivity index (χ4n) is 0.123. The van der Waals surface area contributed by atoms with E-state index in [2.05, 4.69) is 12.3 Å². The maximum atomic E-state index is 10.7. The molecule has 1 amide bonds. The maximum absolute atomic E-state index is 10.7. The van der Waals surface area contributed by atoms with Crippen molar-refractivity contribution in [2.75, 3.05) is 0 Å². The van der Waals surface area contributed by atoms with Crippen LogP contribution >= 0.6 is 0 Å². The number of amides is 1. The van der Waals surface area contributed by atoms with E-state index < -0.39 is 18.1 Å². The Balaban J connectivity index is 0. The van der Waals surface area contributed by atoms with E-state index in [9.17, 15) is 18.0 Å². The highest BCUT2D eigenvalue weighted by atomic mass is 19.4. The molecular weight excluding hydrogens is 191 g/mol. The van der Waals surface area contributed by atoms with Crippen molar-refractivity contribution >= 4 is 11.9 Å². The SMILES string of the molecule is C=CCC(=O)O.NC(=O)C(F)(F)F. The second-order valence-corrected chi connectivity index (χ2v) is 1.75. The van der Waals surface area contributed by atoms with Crippen molar-refractivity contribution in [1.29, 1.82) is 0 Å². The molecule has 76 valence electrons. The Bertz CT molecular complexity index is 200. The number of aliphatic carboxylic acids is 1. The van der Waals surface area contributed by atoms with Crippen molar-refractivity contribution < 1.29 is 27.9 Å². The van der Waals surface area contributed by atoms with Gasteiger partial charge >= 0.3 is 18.1 Å². The van der Waals surface area contributed by atoms with Crippen molar-refractivity contribution in [1.82, 2.24) is 0 Å². The van der Waals surface area contributed by atoms with E-state index in [4.69, 9.17) is 9.90 Å². The molecule has 13 heavy (non-hydrogen) atoms. The van der Waals surface area contributed by atoms with Gasteiger partial charge in [-0.25, -0.2) is 0 Å². The molecule has 3 N–H and O–H groups in total. The van der Waals surface area contributed by atoms with Gasteiger partial charge in [0.05, 0.1) is 6.42 Å². The maximum Gasteiger partial charge on any atom is 0.470 e. The predicted octanol–water partition coefficient (Wildman–Crippen LogP) is 0.681. The molecule has 0 heterocycles. The summed E-state index contributed by atoms with van der Waals surface area (Å²) in [7, 11) is 0. The zero-order valence-corrected chi connectivity index (χ0v) is 6.47. The molecule has 7 heteroatoms. The van der Waals surface area contributed by atoms with Crippen molar-refractivity contribution in [2.45, 2.75) is 12.6 Å². The molecule has 0 fully saturated rings. The van der Waals surface area contributed by atoms with Gasteiger partial charge < -0.3 is 10.8 Å². The van der Waals surface area contributed by atoms with E-state index in [1.807, 2.05) is 0 Å². The van der Waals surface area contributed by atoms with E-state index in [1.54, 1.807) is 0 Å². The minimum absolute atomic E-state index is 0.0556. The Labute approximate surface area is 71.8 Å². The van der Waals surface area contributed by atoms with Gasteiger partial charge in [0.25, 0.3) is 0 Å². The van der Waals surface area contributed by atoms with Crippen LogP contribution in [0.4, 0.5) is 13.2 Å². The number of halogens is 3. The largest absolute Gasteiger partial charge is 0.481 e. The van der Waals surface area contributed by atoms with E-state index >= 15 is 0 Å². The standard InChI is InChI=1S/C4H6O2.C2H2F3NO/c1-2-3-4(5)6;3-2(4,5)1(6)7/h2H,1,3H2,(H,5,6);(H2,6,7). The first-order chi connectivity index (χ1) is 5.71. The van der Waals surface area contributed by atoms with Gasteiger partial charge in [0.15, 0.2) is 0 Å². The van der Waals surface area contributed by atoms with Gasteiger partial charge in [-0.15, -0.1) is 6.58 Å². The van der Waals surface area contributed by atoms with E-state index in [-0.39, 0.29) is 6.42 Å². The number of carbonyl (C=O) groups excluding carboxylic acids is 1. The van der Waals surface area contributed by atoms with Crippen molar-refractivity contribution in [3.8, 4) is 0 Å². The molecule has 0 rings (SSSR count). The highest BCUT2D eigenvalue weighted by molar-refractivity contribution is 5.79. The average molecular weight is 199 g/mol. The number of rotatable bonds is 2. The Morgan fingerprint density at radius 1 is 1.46 bits per heavy atom. The van der Waals surface area contributed by atoms with Gasteiger partial charge in [0.2, 0.25) is 0 Å². The van der Waals surface area contributed by atoms with Gasteiger partial charge in [0, 0.05) is 0 Å². The Hall–Kier alpha value is -1.53. The van der Waals surface area contributed by atoms with Crippen LogP contribution in [0.25, 0.3) is 0 Å². The van der Waals surface area contributed by atoms with Crippen LogP contribution in [0.5, 0.6) is 0 Å². The van der Waals surface area contributed by atoms with Gasteiger partial charge in [-0.3, -0.25) is 9.59 Å². The van der Waals surface area contributed by atoms with Crippen molar-refractivity contribution in [3.63, 3.8) is 0 Å². The Kier molecular flexibility index (Phi) is 6.51. The smallest absolute Gasteiger partial charge is 0.470 e. The molecule has 0 aliphatic rings. The number of carbonyl (C=O) groups is 2. The first-order valence-electron chi connectivity index (χ1n) is 2.91. The highest BCUT2D eigenvalue weighted by Gasteiger charge is 2.35. The lowest BCUT2D eigenvalue weighted by Crippen LogP contribution is -2.30. The summed E-state index contributed by atoms with van der Waals surface area (Å²) in [6.07, 6.45) is -3.46. The summed E-state index contributed by atoms with van der Waals surface area (Å²) in [6, 6.07) is 0. The second-order valence-electron chi connectivity index (χ2n) is 1.75. The molecule has 0 radical (unpaired) electrons. The van der Waals surface area contributed by atoms with Crippen molar-refractivity contribution in [3.05, 3.63) is 12.7 Å². The summed E-state index contributed by atoms with van der Waals surface area (Å²) in [5, 5.41) is 7.84. The van der Waals surface area contributed by atoms with Gasteiger partial charge in [-0.05, 0) is 0 Å². The number of hydrogen-bond acceptors (Lipinski definition) is 2. The van der Waals surface area contributed by atoms with E-state index in [1.165, 1.54) is 6.08 Å². The van der Waals surface area contributed by atoms with Crippen LogP contribution in [-0.2, 0) is 9.59 Å². The van der Waals surface area contributed by atoms with Crippen LogP contribution in [0.15, 0.2) is 12.7 Å². The third kappa shape index (κ3) is 13.5. The van der Waals surface area contributed by atoms with Crippen LogP contribution in [-0.4, -0.2) is 23.2 Å². The van der Waals surface area contributed by atoms with Crippen LogP contribution < -0.4 is 5.73 Å². The lowest BCUT2D eigenvalue weighted by Gasteiger charge is -1.95. The third-order valence-corrected chi connectivity index (χ3v) is 0.598. The number of hydrogen-bond donors (Lipinski definition) is 2. The minimum atomic E-state index is -4.86. The lowest BCUT2D eigenvalue weighted by molar-refractivity contribution is -0.169. The Morgan fingerprint density at radius 3 is 1.77 bits per heavy atom. The Morgan fingerprint density at radius 2 is 1.77 bits per heavy atom. The molecule has 0 atom stereocenters. The summed E-state index contributed by atoms with van der Waals surface area (Å²) in [5.74, 6) is -3.09. The fraction of sp³-hybridized carbons (Fsp3) is 0.333. The molecule has 0 spiro atoms. The molecular formula is C6H8F3NO3. The molecule has 0 aromatic carbocycles. The number of alkyl halides is 3. The monoisotopic (exact) mass is 199 g/mol. The van der Waals surface area contributed by atoms with E-state index in [0.29, 0.717) is 0 Å². The lowest BCUT2D eigenvalue weighted by atomic mass is 10.4. The molecule has 0 unspecified atom stereocenters. The molecule has 0 aliphatic carbocycles. The van der Waals surface area contributed by atoms with Crippen LogP contribution in [0.3, 0.4) is 0 Å². The number of nitrogens with two attached hydrogens (primary N) is 1. The van der Waals surface area contributed by atoms with Crippen LogP contribution in [0.1, 0.15) is 6.42 Å².